The molecule has 1 saturated carbocycles. The second kappa shape index (κ2) is 12.8. The summed E-state index contributed by atoms with van der Waals surface area (Å²) in [6.07, 6.45) is 7.38. The van der Waals surface area contributed by atoms with Gasteiger partial charge in [0, 0.05) is 19.3 Å². The molecule has 0 radical (unpaired) electrons. The Morgan fingerprint density at radius 3 is 2.31 bits per heavy atom. The molecule has 0 bridgehead atoms. The van der Waals surface area contributed by atoms with Gasteiger partial charge in [-0.3, -0.25) is 24.8 Å². The molecule has 2 heterocycles. The summed E-state index contributed by atoms with van der Waals surface area (Å²) >= 11 is 0. The number of rotatable bonds is 9. The average Bonchev–Trinajstić information content (AvgIpc) is 3.29. The molecule has 2 fully saturated rings. The first-order valence-corrected chi connectivity index (χ1v) is 11.7. The summed E-state index contributed by atoms with van der Waals surface area (Å²) in [5.41, 5.74) is 9.70. The van der Waals surface area contributed by atoms with Gasteiger partial charge in [-0.1, -0.05) is 19.3 Å². The van der Waals surface area contributed by atoms with E-state index in [1.54, 1.807) is 4.90 Å². The molecule has 1 aromatic rings. The number of amidine groups is 1. The van der Waals surface area contributed by atoms with Gasteiger partial charge in [-0.05, 0) is 43.7 Å². The average molecular weight is 491 g/mol. The van der Waals surface area contributed by atoms with Gasteiger partial charge < -0.3 is 31.9 Å². The number of hydrogen-bond donors (Lipinski definition) is 6. The zero-order valence-electron chi connectivity index (χ0n) is 19.7. The first-order valence-electron chi connectivity index (χ1n) is 11.7. The highest BCUT2D eigenvalue weighted by Gasteiger charge is 2.54. The maximum absolute atomic E-state index is 12.5. The summed E-state index contributed by atoms with van der Waals surface area (Å²) in [7, 11) is 0. The van der Waals surface area contributed by atoms with Crippen LogP contribution in [0.1, 0.15) is 67.4 Å². The fraction of sp³-hybridized carbons (Fsp3) is 0.565. The number of carboxylic acid groups (broad SMARTS) is 2. The number of carbonyl (C=O) groups is 4. The fourth-order valence-electron chi connectivity index (χ4n) is 4.78. The molecule has 1 saturated heterocycles. The minimum Gasteiger partial charge on any atom is -0.481 e. The smallest absolute Gasteiger partial charge is 0.329 e. The number of carboxylic acids is 2. The summed E-state index contributed by atoms with van der Waals surface area (Å²) in [5.74, 6) is -2.70. The SMILES string of the molecule is N=C(N)c1ccc(C(N)=O)cn1.O=C(O)CCNCC(=O)N1CCC[C@]1(C(=O)O)C1CCCCC1. The van der Waals surface area contributed by atoms with E-state index in [2.05, 4.69) is 10.3 Å². The van der Waals surface area contributed by atoms with Gasteiger partial charge in [0.15, 0.2) is 0 Å². The summed E-state index contributed by atoms with van der Waals surface area (Å²) in [4.78, 5) is 50.9. The van der Waals surface area contributed by atoms with Crippen LogP contribution in [0.25, 0.3) is 0 Å². The molecule has 2 amide bonds. The van der Waals surface area contributed by atoms with Gasteiger partial charge in [-0.15, -0.1) is 0 Å². The summed E-state index contributed by atoms with van der Waals surface area (Å²) in [6, 6.07) is 2.95. The van der Waals surface area contributed by atoms with E-state index in [0.717, 1.165) is 32.1 Å². The highest BCUT2D eigenvalue weighted by molar-refractivity contribution is 5.95. The molecule has 12 heteroatoms. The Balaban J connectivity index is 0.000000303. The molecule has 0 unspecified atom stereocenters. The van der Waals surface area contributed by atoms with E-state index in [9.17, 15) is 24.3 Å². The van der Waals surface area contributed by atoms with Crippen LogP contribution in [0.4, 0.5) is 0 Å². The first-order chi connectivity index (χ1) is 16.6. The van der Waals surface area contributed by atoms with Crippen molar-refractivity contribution in [3.05, 3.63) is 29.6 Å². The molecule has 192 valence electrons. The Morgan fingerprint density at radius 2 is 1.80 bits per heavy atom. The summed E-state index contributed by atoms with van der Waals surface area (Å²) < 4.78 is 0. The molecule has 8 N–H and O–H groups in total. The van der Waals surface area contributed by atoms with Crippen LogP contribution in [0.5, 0.6) is 0 Å². The number of amides is 2. The molecule has 1 atom stereocenters. The van der Waals surface area contributed by atoms with Crippen molar-refractivity contribution < 1.29 is 29.4 Å². The third-order valence-electron chi connectivity index (χ3n) is 6.49. The van der Waals surface area contributed by atoms with Crippen LogP contribution in [-0.2, 0) is 14.4 Å². The van der Waals surface area contributed by atoms with E-state index in [4.69, 9.17) is 22.0 Å². The Kier molecular flexibility index (Phi) is 10.1. The number of likely N-dealkylation sites (tertiary alicyclic amines) is 1. The molecular formula is C23H34N6O6. The predicted molar refractivity (Wildman–Crippen MR) is 127 cm³/mol. The molecule has 1 aromatic heterocycles. The maximum atomic E-state index is 12.5. The number of nitrogens with zero attached hydrogens (tertiary/aromatic N) is 2. The van der Waals surface area contributed by atoms with Crippen LogP contribution in [0.3, 0.4) is 0 Å². The van der Waals surface area contributed by atoms with E-state index in [1.807, 2.05) is 0 Å². The number of aromatic nitrogens is 1. The summed E-state index contributed by atoms with van der Waals surface area (Å²) in [5, 5.41) is 28.3. The standard InChI is InChI=1S/C16H26N2O5.C7H8N4O/c19-13(11-17-9-7-14(20)21)18-10-4-8-16(18,15(22)23)12-5-2-1-3-6-12;8-6(9)5-2-1-4(3-11-5)7(10)12/h12,17H,1-11H2,(H,20,21)(H,22,23);1-3H,(H3,8,9)(H2,10,12)/t16-;/m1./s1. The first kappa shape index (κ1) is 27.7. The van der Waals surface area contributed by atoms with Crippen LogP contribution in [0, 0.1) is 11.3 Å². The predicted octanol–water partition coefficient (Wildman–Crippen LogP) is 0.541. The maximum Gasteiger partial charge on any atom is 0.329 e. The van der Waals surface area contributed by atoms with E-state index < -0.39 is 23.4 Å². The minimum atomic E-state index is -1.06. The third kappa shape index (κ3) is 7.22. The number of primary amides is 1. The third-order valence-corrected chi connectivity index (χ3v) is 6.49. The van der Waals surface area contributed by atoms with Crippen LogP contribution >= 0.6 is 0 Å². The highest BCUT2D eigenvalue weighted by Crippen LogP contribution is 2.43. The van der Waals surface area contributed by atoms with Crippen molar-refractivity contribution in [1.29, 1.82) is 5.41 Å². The number of pyridine rings is 1. The molecule has 0 spiro atoms. The number of hydrogen-bond acceptors (Lipinski definition) is 7. The van der Waals surface area contributed by atoms with Crippen LogP contribution < -0.4 is 16.8 Å². The lowest BCUT2D eigenvalue weighted by atomic mass is 9.73. The lowest BCUT2D eigenvalue weighted by molar-refractivity contribution is -0.161. The van der Waals surface area contributed by atoms with Crippen LogP contribution in [0.2, 0.25) is 0 Å². The topological polar surface area (TPSA) is 213 Å². The number of nitrogens with two attached hydrogens (primary N) is 2. The van der Waals surface area contributed by atoms with Gasteiger partial charge in [0.25, 0.3) is 0 Å². The lowest BCUT2D eigenvalue weighted by Crippen LogP contribution is -2.59. The number of aliphatic carboxylic acids is 2. The van der Waals surface area contributed by atoms with Gasteiger partial charge in [-0.25, -0.2) is 4.79 Å². The van der Waals surface area contributed by atoms with Crippen LogP contribution in [0.15, 0.2) is 18.3 Å². The van der Waals surface area contributed by atoms with E-state index in [0.29, 0.717) is 30.6 Å². The number of nitrogen functional groups attached to an aromatic ring is 1. The summed E-state index contributed by atoms with van der Waals surface area (Å²) in [6.45, 7) is 0.676. The molecule has 1 aliphatic heterocycles. The lowest BCUT2D eigenvalue weighted by Gasteiger charge is -2.42. The molecule has 1 aliphatic carbocycles. The molecule has 2 aliphatic rings. The van der Waals surface area contributed by atoms with Crippen LogP contribution in [-0.4, -0.2) is 74.9 Å². The Labute approximate surface area is 203 Å². The second-order valence-electron chi connectivity index (χ2n) is 8.74. The fourth-order valence-corrected chi connectivity index (χ4v) is 4.78. The van der Waals surface area contributed by atoms with Crippen molar-refractivity contribution in [2.75, 3.05) is 19.6 Å². The zero-order chi connectivity index (χ0) is 26.0. The molecule has 3 rings (SSSR count). The molecule has 0 aromatic carbocycles. The van der Waals surface area contributed by atoms with Gasteiger partial charge in [0.1, 0.15) is 17.1 Å². The van der Waals surface area contributed by atoms with Gasteiger partial charge in [-0.2, -0.15) is 0 Å². The van der Waals surface area contributed by atoms with Gasteiger partial charge >= 0.3 is 11.9 Å². The van der Waals surface area contributed by atoms with Crippen molar-refractivity contribution in [3.8, 4) is 0 Å². The van der Waals surface area contributed by atoms with Crippen molar-refractivity contribution in [2.24, 2.45) is 17.4 Å². The molecular weight excluding hydrogens is 456 g/mol. The Hall–Kier alpha value is -3.54. The van der Waals surface area contributed by atoms with Crippen molar-refractivity contribution in [1.82, 2.24) is 15.2 Å². The van der Waals surface area contributed by atoms with Crippen molar-refractivity contribution in [2.45, 2.75) is 56.9 Å². The molecule has 35 heavy (non-hydrogen) atoms. The Morgan fingerprint density at radius 1 is 1.11 bits per heavy atom. The quantitative estimate of drug-likeness (QED) is 0.162. The van der Waals surface area contributed by atoms with Crippen molar-refractivity contribution >= 4 is 29.6 Å². The Bertz CT molecular complexity index is 898. The second-order valence-corrected chi connectivity index (χ2v) is 8.74. The molecule has 12 nitrogen and oxygen atoms in total. The largest absolute Gasteiger partial charge is 0.481 e. The number of nitrogens with one attached hydrogen (secondary N) is 2. The normalized spacial score (nSPS) is 19.9. The van der Waals surface area contributed by atoms with Crippen molar-refractivity contribution in [3.63, 3.8) is 0 Å². The van der Waals surface area contributed by atoms with E-state index in [1.165, 1.54) is 18.3 Å². The minimum absolute atomic E-state index is 0.00493. The van der Waals surface area contributed by atoms with E-state index >= 15 is 0 Å². The number of carbonyl (C=O) groups excluding carboxylic acids is 2. The van der Waals surface area contributed by atoms with Gasteiger partial charge in [0.05, 0.1) is 18.5 Å². The van der Waals surface area contributed by atoms with Gasteiger partial charge in [0.2, 0.25) is 11.8 Å². The zero-order valence-corrected chi connectivity index (χ0v) is 19.7. The van der Waals surface area contributed by atoms with E-state index in [-0.39, 0.29) is 37.2 Å². The monoisotopic (exact) mass is 490 g/mol. The highest BCUT2D eigenvalue weighted by atomic mass is 16.4.